The Morgan fingerprint density at radius 2 is 1.82 bits per heavy atom. The molecule has 11 heavy (non-hydrogen) atoms. The van der Waals surface area contributed by atoms with Crippen LogP contribution >= 0.6 is 0 Å². The van der Waals surface area contributed by atoms with E-state index in [-0.39, 0.29) is 5.91 Å². The largest absolute Gasteiger partial charge is 0.356 e. The van der Waals surface area contributed by atoms with Crippen LogP contribution in [-0.2, 0) is 9.59 Å². The highest BCUT2D eigenvalue weighted by Gasteiger charge is 2.36. The lowest BCUT2D eigenvalue weighted by molar-refractivity contribution is -0.124. The first kappa shape index (κ1) is 6.83. The van der Waals surface area contributed by atoms with Crippen molar-refractivity contribution in [3.63, 3.8) is 0 Å². The van der Waals surface area contributed by atoms with E-state index in [0.717, 1.165) is 6.54 Å². The Bertz CT molecular complexity index is 210. The number of rotatable bonds is 0. The molecule has 1 unspecified atom stereocenters. The van der Waals surface area contributed by atoms with E-state index in [1.165, 1.54) is 0 Å². The summed E-state index contributed by atoms with van der Waals surface area (Å²) in [6.07, 6.45) is 1.89. The highest BCUT2D eigenvalue weighted by atomic mass is 16.1. The summed E-state index contributed by atoms with van der Waals surface area (Å²) in [6.45, 7) is 0.717. The maximum Gasteiger partial charge on any atom is 0.220 e. The molecule has 2 atom stereocenters. The number of fused-ring (bicyclic) bond motifs is 1. The fourth-order valence-corrected chi connectivity index (χ4v) is 2.03. The lowest BCUT2D eigenvalue weighted by Gasteiger charge is -2.24. The van der Waals surface area contributed by atoms with E-state index >= 15 is 0 Å². The minimum atomic E-state index is 0.112. The zero-order chi connectivity index (χ0) is 7.84. The summed E-state index contributed by atoms with van der Waals surface area (Å²) in [5.74, 6) is 1.24. The number of carbonyl (C=O) groups is 2. The summed E-state index contributed by atoms with van der Waals surface area (Å²) >= 11 is 0. The summed E-state index contributed by atoms with van der Waals surface area (Å²) in [6, 6.07) is 0. The predicted molar refractivity (Wildman–Crippen MR) is 38.8 cm³/mol. The summed E-state index contributed by atoms with van der Waals surface area (Å²) in [5, 5.41) is 2.78. The Morgan fingerprint density at radius 1 is 1.09 bits per heavy atom. The van der Waals surface area contributed by atoms with Crippen molar-refractivity contribution in [1.82, 2.24) is 5.32 Å². The first-order valence-electron chi connectivity index (χ1n) is 4.04. The molecule has 1 amide bonds. The van der Waals surface area contributed by atoms with Gasteiger partial charge in [-0.1, -0.05) is 0 Å². The second-order valence-electron chi connectivity index (χ2n) is 3.48. The van der Waals surface area contributed by atoms with Crippen LogP contribution in [-0.4, -0.2) is 18.2 Å². The van der Waals surface area contributed by atoms with Crippen LogP contribution in [0.5, 0.6) is 0 Å². The van der Waals surface area contributed by atoms with Crippen LogP contribution in [0.25, 0.3) is 0 Å². The molecule has 2 rings (SSSR count). The summed E-state index contributed by atoms with van der Waals surface area (Å²) in [7, 11) is 0. The topological polar surface area (TPSA) is 46.2 Å². The maximum atomic E-state index is 11.0. The van der Waals surface area contributed by atoms with Gasteiger partial charge in [-0.3, -0.25) is 9.59 Å². The molecule has 2 fully saturated rings. The van der Waals surface area contributed by atoms with E-state index in [1.54, 1.807) is 0 Å². The third kappa shape index (κ3) is 1.15. The van der Waals surface area contributed by atoms with Gasteiger partial charge >= 0.3 is 0 Å². The molecular weight excluding hydrogens is 142 g/mol. The minimum absolute atomic E-state index is 0.112. The standard InChI is InChI=1S/C8H11NO2/c10-7-1-5-3-8(11)9-4-6(5)2-7/h5-6H,1-4H2,(H,9,11)/t5-,6?/m0/s1. The van der Waals surface area contributed by atoms with E-state index in [9.17, 15) is 9.59 Å². The number of hydrogen-bond donors (Lipinski definition) is 1. The molecule has 1 aliphatic heterocycles. The fraction of sp³-hybridized carbons (Fsp3) is 0.750. The van der Waals surface area contributed by atoms with Gasteiger partial charge in [-0.25, -0.2) is 0 Å². The number of carbonyl (C=O) groups excluding carboxylic acids is 2. The second-order valence-corrected chi connectivity index (χ2v) is 3.48. The number of nitrogens with one attached hydrogen (secondary N) is 1. The summed E-state index contributed by atoms with van der Waals surface area (Å²) in [4.78, 5) is 21.9. The number of piperidine rings is 1. The van der Waals surface area contributed by atoms with Crippen LogP contribution < -0.4 is 5.32 Å². The zero-order valence-electron chi connectivity index (χ0n) is 6.30. The number of hydrogen-bond acceptors (Lipinski definition) is 2. The van der Waals surface area contributed by atoms with Gasteiger partial charge in [0.15, 0.2) is 0 Å². The van der Waals surface area contributed by atoms with E-state index in [4.69, 9.17) is 0 Å². The number of Topliss-reactive ketones (excluding diaryl/α,β-unsaturated/α-hetero) is 1. The summed E-state index contributed by atoms with van der Waals surface area (Å²) in [5.41, 5.74) is 0. The van der Waals surface area contributed by atoms with Gasteiger partial charge in [0.05, 0.1) is 0 Å². The molecule has 0 aromatic heterocycles. The molecule has 1 N–H and O–H groups in total. The molecule has 0 aromatic carbocycles. The van der Waals surface area contributed by atoms with Crippen molar-refractivity contribution in [2.24, 2.45) is 11.8 Å². The zero-order valence-corrected chi connectivity index (χ0v) is 6.30. The summed E-state index contributed by atoms with van der Waals surface area (Å²) < 4.78 is 0. The smallest absolute Gasteiger partial charge is 0.220 e. The van der Waals surface area contributed by atoms with Crippen molar-refractivity contribution in [1.29, 1.82) is 0 Å². The van der Waals surface area contributed by atoms with Gasteiger partial charge in [-0.15, -0.1) is 0 Å². The van der Waals surface area contributed by atoms with Crippen LogP contribution in [0.4, 0.5) is 0 Å². The van der Waals surface area contributed by atoms with E-state index in [2.05, 4.69) is 5.32 Å². The Morgan fingerprint density at radius 3 is 2.64 bits per heavy atom. The van der Waals surface area contributed by atoms with Crippen LogP contribution in [0.2, 0.25) is 0 Å². The highest BCUT2D eigenvalue weighted by molar-refractivity contribution is 5.84. The number of amides is 1. The van der Waals surface area contributed by atoms with Crippen LogP contribution in [0.15, 0.2) is 0 Å². The average molecular weight is 153 g/mol. The van der Waals surface area contributed by atoms with E-state index < -0.39 is 0 Å². The van der Waals surface area contributed by atoms with Gasteiger partial charge in [-0.2, -0.15) is 0 Å². The van der Waals surface area contributed by atoms with Gasteiger partial charge < -0.3 is 5.32 Å². The molecule has 0 bridgehead atoms. The van der Waals surface area contributed by atoms with Crippen molar-refractivity contribution >= 4 is 11.7 Å². The minimum Gasteiger partial charge on any atom is -0.356 e. The second kappa shape index (κ2) is 2.32. The molecule has 0 aromatic rings. The molecule has 1 saturated carbocycles. The maximum absolute atomic E-state index is 11.0. The predicted octanol–water partition coefficient (Wildman–Crippen LogP) is 0.102. The van der Waals surface area contributed by atoms with Crippen LogP contribution in [0, 0.1) is 11.8 Å². The third-order valence-corrected chi connectivity index (χ3v) is 2.66. The normalized spacial score (nSPS) is 36.7. The third-order valence-electron chi connectivity index (χ3n) is 2.66. The molecule has 60 valence electrons. The van der Waals surface area contributed by atoms with Crippen molar-refractivity contribution in [2.75, 3.05) is 6.54 Å². The molecule has 3 heteroatoms. The van der Waals surface area contributed by atoms with Gasteiger partial charge in [-0.05, 0) is 11.8 Å². The fourth-order valence-electron chi connectivity index (χ4n) is 2.03. The van der Waals surface area contributed by atoms with Crippen molar-refractivity contribution in [3.05, 3.63) is 0 Å². The first-order valence-corrected chi connectivity index (χ1v) is 4.04. The Hall–Kier alpha value is -0.860. The lowest BCUT2D eigenvalue weighted by Crippen LogP contribution is -2.38. The SMILES string of the molecule is O=C1CC2CNC(=O)C[C@@H]2C1. The lowest BCUT2D eigenvalue weighted by atomic mass is 9.89. The molecule has 1 heterocycles. The Labute approximate surface area is 65.2 Å². The Balaban J connectivity index is 2.08. The van der Waals surface area contributed by atoms with Gasteiger partial charge in [0.25, 0.3) is 0 Å². The monoisotopic (exact) mass is 153 g/mol. The molecule has 1 aliphatic carbocycles. The van der Waals surface area contributed by atoms with Crippen LogP contribution in [0.3, 0.4) is 0 Å². The van der Waals surface area contributed by atoms with Crippen molar-refractivity contribution < 1.29 is 9.59 Å². The van der Waals surface area contributed by atoms with Gasteiger partial charge in [0.1, 0.15) is 5.78 Å². The molecule has 2 aliphatic rings. The van der Waals surface area contributed by atoms with Crippen molar-refractivity contribution in [3.8, 4) is 0 Å². The molecule has 1 saturated heterocycles. The molecule has 0 radical (unpaired) electrons. The van der Waals surface area contributed by atoms with Gasteiger partial charge in [0.2, 0.25) is 5.91 Å². The molecule has 3 nitrogen and oxygen atoms in total. The number of ketones is 1. The van der Waals surface area contributed by atoms with Crippen LogP contribution in [0.1, 0.15) is 19.3 Å². The van der Waals surface area contributed by atoms with Gasteiger partial charge in [0, 0.05) is 25.8 Å². The molecular formula is C8H11NO2. The van der Waals surface area contributed by atoms with E-state index in [0.29, 0.717) is 36.9 Å². The average Bonchev–Trinajstić information content (AvgIpc) is 2.27. The first-order chi connectivity index (χ1) is 5.25. The van der Waals surface area contributed by atoms with Crippen molar-refractivity contribution in [2.45, 2.75) is 19.3 Å². The van der Waals surface area contributed by atoms with E-state index in [1.807, 2.05) is 0 Å². The highest BCUT2D eigenvalue weighted by Crippen LogP contribution is 2.33. The Kier molecular flexibility index (Phi) is 1.44. The molecule has 0 spiro atoms. The quantitative estimate of drug-likeness (QED) is 0.536.